The Morgan fingerprint density at radius 1 is 1.13 bits per heavy atom. The van der Waals surface area contributed by atoms with Crippen molar-refractivity contribution in [2.75, 3.05) is 18.1 Å². The van der Waals surface area contributed by atoms with Crippen molar-refractivity contribution in [1.29, 1.82) is 5.41 Å². The Hall–Kier alpha value is -3.94. The van der Waals surface area contributed by atoms with Gasteiger partial charge < -0.3 is 22.1 Å². The van der Waals surface area contributed by atoms with E-state index in [0.29, 0.717) is 5.56 Å². The second kappa shape index (κ2) is 10.6. The number of rotatable bonds is 3. The fraction of sp³-hybridized carbons (Fsp3) is 0.0909. The van der Waals surface area contributed by atoms with Crippen molar-refractivity contribution in [2.45, 2.75) is 6.42 Å². The predicted molar refractivity (Wildman–Crippen MR) is 117 cm³/mol. The second-order valence-corrected chi connectivity index (χ2v) is 6.17. The van der Waals surface area contributed by atoms with Crippen LogP contribution in [0.1, 0.15) is 17.5 Å². The average molecular weight is 411 g/mol. The number of halogens is 2. The molecular formula is C22H23F2N5O. The minimum absolute atomic E-state index is 0.0773. The number of amidine groups is 1. The Balaban J connectivity index is 0.000000232. The lowest BCUT2D eigenvalue weighted by atomic mass is 10.00. The van der Waals surface area contributed by atoms with Crippen LogP contribution >= 0.6 is 0 Å². The van der Waals surface area contributed by atoms with Crippen molar-refractivity contribution in [3.05, 3.63) is 89.5 Å². The van der Waals surface area contributed by atoms with Gasteiger partial charge in [-0.15, -0.1) is 0 Å². The molecule has 0 fully saturated rings. The number of carbonyl (C=O) groups is 1. The fourth-order valence-electron chi connectivity index (χ4n) is 2.58. The van der Waals surface area contributed by atoms with Gasteiger partial charge in [0, 0.05) is 18.2 Å². The smallest absolute Gasteiger partial charge is 0.319 e. The Bertz CT molecular complexity index is 1030. The maximum absolute atomic E-state index is 14.2. The molecule has 2 aromatic carbocycles. The topological polar surface area (TPSA) is 117 Å². The summed E-state index contributed by atoms with van der Waals surface area (Å²) in [4.78, 5) is 10.7. The van der Waals surface area contributed by atoms with Crippen LogP contribution in [0.3, 0.4) is 0 Å². The molecule has 0 radical (unpaired) electrons. The quantitative estimate of drug-likeness (QED) is 0.296. The molecule has 8 heteroatoms. The lowest BCUT2D eigenvalue weighted by molar-refractivity contribution is 0.254. The predicted octanol–water partition coefficient (Wildman–Crippen LogP) is 4.17. The molecule has 0 unspecified atom stereocenters. The van der Waals surface area contributed by atoms with Gasteiger partial charge in [-0.05, 0) is 30.2 Å². The molecule has 2 amide bonds. The minimum atomic E-state index is -0.527. The molecule has 0 atom stereocenters. The maximum Gasteiger partial charge on any atom is 0.319 e. The van der Waals surface area contributed by atoms with Gasteiger partial charge in [0.15, 0.2) is 5.82 Å². The number of allylic oxidation sites excluding steroid dienone is 6. The molecule has 1 aliphatic rings. The number of carbonyl (C=O) groups excluding carboxylic acids is 1. The summed E-state index contributed by atoms with van der Waals surface area (Å²) in [5.74, 6) is -1.20. The first kappa shape index (κ1) is 22.4. The molecule has 3 rings (SSSR count). The Kier molecular flexibility index (Phi) is 7.87. The summed E-state index contributed by atoms with van der Waals surface area (Å²) in [6.45, 7) is 0. The van der Waals surface area contributed by atoms with Gasteiger partial charge in [-0.25, -0.2) is 13.6 Å². The van der Waals surface area contributed by atoms with E-state index in [4.69, 9.17) is 16.9 Å². The van der Waals surface area contributed by atoms with Crippen LogP contribution < -0.4 is 22.1 Å². The number of nitrogens with one attached hydrogen (secondary N) is 3. The van der Waals surface area contributed by atoms with Crippen molar-refractivity contribution in [3.8, 4) is 0 Å². The number of anilines is 2. The molecule has 6 nitrogen and oxygen atoms in total. The first-order chi connectivity index (χ1) is 14.3. The van der Waals surface area contributed by atoms with Crippen molar-refractivity contribution >= 4 is 28.8 Å². The van der Waals surface area contributed by atoms with E-state index in [1.807, 2.05) is 30.4 Å². The van der Waals surface area contributed by atoms with Gasteiger partial charge in [0.05, 0.1) is 11.4 Å². The van der Waals surface area contributed by atoms with Crippen molar-refractivity contribution in [2.24, 2.45) is 5.73 Å². The van der Waals surface area contributed by atoms with Crippen LogP contribution in [-0.2, 0) is 0 Å². The first-order valence-corrected chi connectivity index (χ1v) is 9.04. The standard InChI is InChI=1S/C14H14FN3.C8H9FN2O/c15-12-10(9-5-3-1-2-4-6-9)7-8-11(13(12)16)14(17)18;1-10-8(12)11-7-5-3-2-4-6(7)9/h1-3,5-8H,4,16H2,(H3,17,18);2-5H,1H3,(H2,10,11,12). The van der Waals surface area contributed by atoms with Crippen molar-refractivity contribution in [1.82, 2.24) is 5.32 Å². The van der Waals surface area contributed by atoms with Crippen LogP contribution in [0, 0.1) is 17.0 Å². The average Bonchev–Trinajstić information content (AvgIpc) is 3.01. The van der Waals surface area contributed by atoms with Gasteiger partial charge in [-0.1, -0.05) is 48.6 Å². The Labute approximate surface area is 173 Å². The number of amides is 2. The molecular weight excluding hydrogens is 388 g/mol. The summed E-state index contributed by atoms with van der Waals surface area (Å²) >= 11 is 0. The summed E-state index contributed by atoms with van der Waals surface area (Å²) < 4.78 is 27.0. The van der Waals surface area contributed by atoms with E-state index >= 15 is 0 Å². The number of benzene rings is 2. The molecule has 0 bridgehead atoms. The minimum Gasteiger partial charge on any atom is -0.396 e. The van der Waals surface area contributed by atoms with Crippen molar-refractivity contribution in [3.63, 3.8) is 0 Å². The largest absolute Gasteiger partial charge is 0.396 e. The van der Waals surface area contributed by atoms with Gasteiger partial charge in [-0.3, -0.25) is 5.41 Å². The number of hydrogen-bond acceptors (Lipinski definition) is 3. The molecule has 0 saturated carbocycles. The molecule has 0 aliphatic heterocycles. The third-order valence-corrected chi connectivity index (χ3v) is 4.13. The van der Waals surface area contributed by atoms with Crippen LogP contribution in [0.5, 0.6) is 0 Å². The molecule has 0 saturated heterocycles. The highest BCUT2D eigenvalue weighted by molar-refractivity contribution is 6.00. The van der Waals surface area contributed by atoms with Crippen LogP contribution in [-0.4, -0.2) is 18.9 Å². The van der Waals surface area contributed by atoms with Crippen LogP contribution in [0.2, 0.25) is 0 Å². The van der Waals surface area contributed by atoms with Gasteiger partial charge in [0.2, 0.25) is 0 Å². The molecule has 0 heterocycles. The Morgan fingerprint density at radius 3 is 2.53 bits per heavy atom. The third kappa shape index (κ3) is 5.78. The number of nitrogen functional groups attached to an aromatic ring is 2. The molecule has 7 N–H and O–H groups in total. The zero-order chi connectivity index (χ0) is 22.1. The summed E-state index contributed by atoms with van der Waals surface area (Å²) in [6.07, 6.45) is 10.2. The molecule has 30 heavy (non-hydrogen) atoms. The number of hydrogen-bond donors (Lipinski definition) is 5. The monoisotopic (exact) mass is 411 g/mol. The van der Waals surface area contributed by atoms with Crippen LogP contribution in [0.4, 0.5) is 25.0 Å². The van der Waals surface area contributed by atoms with E-state index in [0.717, 1.165) is 12.0 Å². The van der Waals surface area contributed by atoms with E-state index in [2.05, 4.69) is 10.6 Å². The number of urea groups is 1. The third-order valence-electron chi connectivity index (χ3n) is 4.13. The SMILES string of the molecule is CNC(=O)Nc1ccccc1F.N=C(N)c1ccc(C2=CCC=CC=C2)c(F)c1N. The van der Waals surface area contributed by atoms with E-state index in [1.54, 1.807) is 24.3 Å². The van der Waals surface area contributed by atoms with E-state index in [9.17, 15) is 13.6 Å². The summed E-state index contributed by atoms with van der Waals surface area (Å²) in [6, 6.07) is 8.72. The zero-order valence-electron chi connectivity index (χ0n) is 16.4. The van der Waals surface area contributed by atoms with Gasteiger partial charge in [0.1, 0.15) is 11.7 Å². The number of para-hydroxylation sites is 1. The lowest BCUT2D eigenvalue weighted by Crippen LogP contribution is -2.24. The van der Waals surface area contributed by atoms with E-state index < -0.39 is 17.7 Å². The van der Waals surface area contributed by atoms with Gasteiger partial charge >= 0.3 is 6.03 Å². The normalized spacial score (nSPS) is 12.2. The van der Waals surface area contributed by atoms with E-state index in [1.165, 1.54) is 19.2 Å². The molecule has 2 aromatic rings. The summed E-state index contributed by atoms with van der Waals surface area (Å²) in [5.41, 5.74) is 12.5. The summed E-state index contributed by atoms with van der Waals surface area (Å²) in [5, 5.41) is 12.0. The zero-order valence-corrected chi connectivity index (χ0v) is 16.4. The van der Waals surface area contributed by atoms with Crippen LogP contribution in [0.15, 0.2) is 66.8 Å². The second-order valence-electron chi connectivity index (χ2n) is 6.17. The number of nitrogens with two attached hydrogens (primary N) is 2. The molecule has 156 valence electrons. The molecule has 0 spiro atoms. The highest BCUT2D eigenvalue weighted by Gasteiger charge is 2.14. The van der Waals surface area contributed by atoms with Crippen molar-refractivity contribution < 1.29 is 13.6 Å². The fourth-order valence-corrected chi connectivity index (χ4v) is 2.58. The highest BCUT2D eigenvalue weighted by atomic mass is 19.1. The molecule has 0 aromatic heterocycles. The first-order valence-electron chi connectivity index (χ1n) is 9.04. The highest BCUT2D eigenvalue weighted by Crippen LogP contribution is 2.27. The van der Waals surface area contributed by atoms with Gasteiger partial charge in [-0.2, -0.15) is 0 Å². The maximum atomic E-state index is 14.2. The van der Waals surface area contributed by atoms with Crippen LogP contribution in [0.25, 0.3) is 5.57 Å². The van der Waals surface area contributed by atoms with E-state index in [-0.39, 0.29) is 22.8 Å². The summed E-state index contributed by atoms with van der Waals surface area (Å²) in [7, 11) is 1.47. The lowest BCUT2D eigenvalue weighted by Gasteiger charge is -2.10. The van der Waals surface area contributed by atoms with Gasteiger partial charge in [0.25, 0.3) is 0 Å². The molecule has 1 aliphatic carbocycles. The Morgan fingerprint density at radius 2 is 1.87 bits per heavy atom.